The molecular formula is C34H40F3N3O7. The number of unbranched alkanes of at least 4 members (excludes halogenated alkanes) is 1. The van der Waals surface area contributed by atoms with Crippen molar-refractivity contribution in [2.45, 2.75) is 63.4 Å². The molecule has 0 bridgehead atoms. The summed E-state index contributed by atoms with van der Waals surface area (Å²) in [6.45, 7) is 2.73. The summed E-state index contributed by atoms with van der Waals surface area (Å²) < 4.78 is 36.9. The third-order valence-electron chi connectivity index (χ3n) is 7.74. The second kappa shape index (κ2) is 18.0. The van der Waals surface area contributed by atoms with Crippen molar-refractivity contribution in [3.63, 3.8) is 0 Å². The van der Waals surface area contributed by atoms with Crippen LogP contribution in [0.2, 0.25) is 0 Å². The molecule has 0 aliphatic carbocycles. The van der Waals surface area contributed by atoms with Gasteiger partial charge in [-0.05, 0) is 92.4 Å². The first-order chi connectivity index (χ1) is 22.4. The van der Waals surface area contributed by atoms with Crippen molar-refractivity contribution >= 4 is 17.7 Å². The molecule has 1 aliphatic rings. The molecule has 10 nitrogen and oxygen atoms in total. The number of aliphatic hydroxyl groups excluding tert-OH is 1. The Kier molecular flexibility index (Phi) is 14.2. The molecule has 13 heteroatoms. The van der Waals surface area contributed by atoms with E-state index in [0.717, 1.165) is 31.5 Å². The monoisotopic (exact) mass is 659 g/mol. The maximum absolute atomic E-state index is 13.8. The number of halogens is 3. The highest BCUT2D eigenvalue weighted by molar-refractivity contribution is 5.96. The molecule has 0 spiro atoms. The molecule has 47 heavy (non-hydrogen) atoms. The molecule has 0 radical (unpaired) electrons. The number of hydrogen-bond donors (Lipinski definition) is 3. The first-order valence-electron chi connectivity index (χ1n) is 15.2. The van der Waals surface area contributed by atoms with Crippen molar-refractivity contribution in [1.82, 2.24) is 14.8 Å². The number of carboxylic acids is 1. The summed E-state index contributed by atoms with van der Waals surface area (Å²) in [5, 5.41) is 28.5. The Bertz CT molecular complexity index is 1420. The number of rotatable bonds is 14. The topological polar surface area (TPSA) is 140 Å². The number of hydrogen-bond acceptors (Lipinski definition) is 8. The molecule has 0 unspecified atom stereocenters. The van der Waals surface area contributed by atoms with Crippen molar-refractivity contribution < 1.29 is 47.6 Å². The van der Waals surface area contributed by atoms with Crippen LogP contribution in [0, 0.1) is 0 Å². The number of aromatic hydroxyl groups is 1. The molecule has 2 aromatic carbocycles. The zero-order valence-electron chi connectivity index (χ0n) is 26.1. The number of aliphatic carboxylic acids is 1. The maximum atomic E-state index is 13.8. The predicted octanol–water partition coefficient (Wildman–Crippen LogP) is 5.40. The van der Waals surface area contributed by atoms with Crippen LogP contribution in [0.4, 0.5) is 13.2 Å². The first kappa shape index (κ1) is 37.0. The normalized spacial score (nSPS) is 14.4. The van der Waals surface area contributed by atoms with Gasteiger partial charge in [0.2, 0.25) is 5.91 Å². The third-order valence-corrected chi connectivity index (χ3v) is 7.74. The highest BCUT2D eigenvalue weighted by Gasteiger charge is 2.38. The lowest BCUT2D eigenvalue weighted by molar-refractivity contribution is -0.192. The molecule has 4 rings (SSSR count). The fraction of sp³-hybridized carbons (Fsp3) is 0.412. The Balaban J connectivity index is 0.000000771. The number of alkyl halides is 3. The van der Waals surface area contributed by atoms with Crippen LogP contribution in [-0.2, 0) is 16.1 Å². The van der Waals surface area contributed by atoms with Crippen LogP contribution in [0.25, 0.3) is 0 Å². The second-order valence-electron chi connectivity index (χ2n) is 11.2. The number of carboxylic acid groups (broad SMARTS) is 1. The minimum atomic E-state index is -5.08. The van der Waals surface area contributed by atoms with E-state index >= 15 is 0 Å². The van der Waals surface area contributed by atoms with Gasteiger partial charge >= 0.3 is 12.1 Å². The largest absolute Gasteiger partial charge is 0.508 e. The zero-order chi connectivity index (χ0) is 34.4. The number of methoxy groups -OCH3 is 1. The summed E-state index contributed by atoms with van der Waals surface area (Å²) in [4.78, 5) is 43.6. The van der Waals surface area contributed by atoms with Crippen LogP contribution in [0.15, 0.2) is 73.1 Å². The molecule has 254 valence electrons. The molecule has 1 aliphatic heterocycles. The minimum Gasteiger partial charge on any atom is -0.508 e. The number of aliphatic hydroxyl groups is 1. The second-order valence-corrected chi connectivity index (χ2v) is 11.2. The van der Waals surface area contributed by atoms with Crippen LogP contribution in [0.1, 0.15) is 66.1 Å². The average molecular weight is 660 g/mol. The summed E-state index contributed by atoms with van der Waals surface area (Å²) in [5.41, 5.74) is 2.17. The van der Waals surface area contributed by atoms with Crippen LogP contribution >= 0.6 is 0 Å². The Morgan fingerprint density at radius 3 is 2.15 bits per heavy atom. The Hall–Kier alpha value is -4.49. The fourth-order valence-corrected chi connectivity index (χ4v) is 5.20. The van der Waals surface area contributed by atoms with Crippen LogP contribution < -0.4 is 4.74 Å². The molecule has 3 N–H and O–H groups in total. The maximum Gasteiger partial charge on any atom is 0.490 e. The lowest BCUT2D eigenvalue weighted by Gasteiger charge is -2.37. The minimum absolute atomic E-state index is 0.0389. The number of aromatic nitrogens is 1. The SMILES string of the molecule is COc1ccc(C(=O)CCCCC(=O)N(Cc2cccnc2)[C@H](CN2CCCC2)[C@H](O)c2ccc(O)cc2)cc1.O=C(O)C(F)(F)F. The molecule has 3 aromatic rings. The van der Waals surface area contributed by atoms with Crippen molar-refractivity contribution in [3.8, 4) is 11.5 Å². The van der Waals surface area contributed by atoms with E-state index in [1.807, 2.05) is 12.1 Å². The van der Waals surface area contributed by atoms with Gasteiger partial charge in [0.25, 0.3) is 0 Å². The van der Waals surface area contributed by atoms with Gasteiger partial charge < -0.3 is 29.9 Å². The molecule has 1 saturated heterocycles. The molecule has 1 aromatic heterocycles. The number of carbonyl (C=O) groups excluding carboxylic acids is 2. The van der Waals surface area contributed by atoms with E-state index in [1.54, 1.807) is 72.9 Å². The highest BCUT2D eigenvalue weighted by Crippen LogP contribution is 2.27. The summed E-state index contributed by atoms with van der Waals surface area (Å²) >= 11 is 0. The number of ether oxygens (including phenoxy) is 1. The van der Waals surface area contributed by atoms with Crippen LogP contribution in [-0.4, -0.2) is 86.7 Å². The summed E-state index contributed by atoms with van der Waals surface area (Å²) in [6, 6.07) is 16.9. The molecular weight excluding hydrogens is 619 g/mol. The molecule has 1 fully saturated rings. The number of nitrogens with zero attached hydrogens (tertiary/aromatic N) is 3. The van der Waals surface area contributed by atoms with Gasteiger partial charge in [-0.15, -0.1) is 0 Å². The number of ketones is 1. The number of likely N-dealkylation sites (tertiary alicyclic amines) is 1. The molecule has 2 atom stereocenters. The van der Waals surface area contributed by atoms with Crippen molar-refractivity contribution in [2.24, 2.45) is 0 Å². The smallest absolute Gasteiger partial charge is 0.490 e. The quantitative estimate of drug-likeness (QED) is 0.153. The third kappa shape index (κ3) is 12.0. The number of benzene rings is 2. The van der Waals surface area contributed by atoms with Gasteiger partial charge in [0.05, 0.1) is 13.2 Å². The van der Waals surface area contributed by atoms with Gasteiger partial charge in [-0.25, -0.2) is 4.79 Å². The Morgan fingerprint density at radius 1 is 0.979 bits per heavy atom. The van der Waals surface area contributed by atoms with Gasteiger partial charge in [0, 0.05) is 43.9 Å². The first-order valence-corrected chi connectivity index (χ1v) is 15.2. The van der Waals surface area contributed by atoms with E-state index in [1.165, 1.54) is 0 Å². The summed E-state index contributed by atoms with van der Waals surface area (Å²) in [6.07, 6.45) is 1.41. The number of phenolic OH excluding ortho intramolecular Hbond substituents is 1. The Labute approximate surface area is 271 Å². The van der Waals surface area contributed by atoms with E-state index in [-0.39, 0.29) is 23.9 Å². The number of carbonyl (C=O) groups is 3. The van der Waals surface area contributed by atoms with Gasteiger partial charge in [0.15, 0.2) is 5.78 Å². The summed E-state index contributed by atoms with van der Waals surface area (Å²) in [5.74, 6) is -1.96. The highest BCUT2D eigenvalue weighted by atomic mass is 19.4. The van der Waals surface area contributed by atoms with Gasteiger partial charge in [-0.1, -0.05) is 18.2 Å². The molecule has 2 heterocycles. The van der Waals surface area contributed by atoms with E-state index in [4.69, 9.17) is 14.6 Å². The lowest BCUT2D eigenvalue weighted by Crippen LogP contribution is -2.49. The van der Waals surface area contributed by atoms with Gasteiger partial charge in [-0.2, -0.15) is 13.2 Å². The molecule has 0 saturated carbocycles. The van der Waals surface area contributed by atoms with E-state index in [0.29, 0.717) is 49.2 Å². The van der Waals surface area contributed by atoms with Crippen LogP contribution in [0.5, 0.6) is 11.5 Å². The van der Waals surface area contributed by atoms with E-state index < -0.39 is 24.3 Å². The van der Waals surface area contributed by atoms with Gasteiger partial charge in [-0.3, -0.25) is 14.6 Å². The van der Waals surface area contributed by atoms with Crippen molar-refractivity contribution in [3.05, 3.63) is 89.7 Å². The van der Waals surface area contributed by atoms with Crippen molar-refractivity contribution in [1.29, 1.82) is 0 Å². The standard InChI is InChI=1S/C32H39N3O5.C2HF3O2/c1-40-28-16-12-25(13-17-28)30(37)8-2-3-9-31(38)35(22-24-7-6-18-33-21-24)29(23-34-19-4-5-20-34)32(39)26-10-14-27(36)15-11-26;3-2(4,5)1(6)7/h6-7,10-18,21,29,32,36,39H,2-5,8-9,19-20,22-23H2,1H3;(H,6,7)/t29-,32-;/m1./s1. The summed E-state index contributed by atoms with van der Waals surface area (Å²) in [7, 11) is 1.59. The number of amides is 1. The van der Waals surface area contributed by atoms with Crippen LogP contribution in [0.3, 0.4) is 0 Å². The lowest BCUT2D eigenvalue weighted by atomic mass is 9.98. The number of phenols is 1. The Morgan fingerprint density at radius 2 is 1.60 bits per heavy atom. The predicted molar refractivity (Wildman–Crippen MR) is 167 cm³/mol. The fourth-order valence-electron chi connectivity index (χ4n) is 5.20. The number of Topliss-reactive ketones (excluding diaryl/α,β-unsaturated/α-hetero) is 1. The van der Waals surface area contributed by atoms with E-state index in [2.05, 4.69) is 9.88 Å². The van der Waals surface area contributed by atoms with Gasteiger partial charge in [0.1, 0.15) is 17.6 Å². The van der Waals surface area contributed by atoms with Crippen molar-refractivity contribution in [2.75, 3.05) is 26.7 Å². The van der Waals surface area contributed by atoms with E-state index in [9.17, 15) is 33.0 Å². The average Bonchev–Trinajstić information content (AvgIpc) is 3.58. The zero-order valence-corrected chi connectivity index (χ0v) is 26.1. The molecule has 1 amide bonds. The number of pyridine rings is 1.